The summed E-state index contributed by atoms with van der Waals surface area (Å²) in [4.78, 5) is 42.6. The van der Waals surface area contributed by atoms with Crippen LogP contribution >= 0.6 is 0 Å². The number of anilines is 2. The monoisotopic (exact) mass is 457 g/mol. The number of aliphatic hydroxyl groups is 1. The van der Waals surface area contributed by atoms with Gasteiger partial charge in [-0.1, -0.05) is 6.07 Å². The number of hydrogen-bond donors (Lipinski definition) is 3. The van der Waals surface area contributed by atoms with Gasteiger partial charge in [-0.15, -0.1) is 0 Å². The van der Waals surface area contributed by atoms with E-state index in [0.717, 1.165) is 18.5 Å². The molecule has 11 nitrogen and oxygen atoms in total. The molecule has 0 unspecified atom stereocenters. The van der Waals surface area contributed by atoms with Crippen molar-refractivity contribution in [2.45, 2.75) is 32.4 Å². The summed E-state index contributed by atoms with van der Waals surface area (Å²) in [6.07, 6.45) is 0.210. The molecule has 0 bridgehead atoms. The molecule has 3 N–H and O–H groups in total. The molecule has 33 heavy (non-hydrogen) atoms. The fourth-order valence-electron chi connectivity index (χ4n) is 4.84. The molecule has 0 aliphatic carbocycles. The minimum atomic E-state index is -0.496. The fraction of sp³-hybridized carbons (Fsp3) is 0.545. The van der Waals surface area contributed by atoms with Crippen molar-refractivity contribution in [3.63, 3.8) is 0 Å². The number of aliphatic hydroxyl groups excluding tert-OH is 1. The zero-order valence-corrected chi connectivity index (χ0v) is 19.2. The number of rotatable bonds is 6. The molecule has 0 saturated carbocycles. The molecule has 4 amide bonds. The van der Waals surface area contributed by atoms with E-state index in [1.54, 1.807) is 11.7 Å². The molecule has 2 saturated heterocycles. The molecular weight excluding hydrogens is 426 g/mol. The van der Waals surface area contributed by atoms with Gasteiger partial charge in [-0.25, -0.2) is 4.79 Å². The Labute approximate surface area is 192 Å². The lowest BCUT2D eigenvalue weighted by Gasteiger charge is -2.44. The van der Waals surface area contributed by atoms with Crippen LogP contribution in [-0.4, -0.2) is 93.9 Å². The minimum absolute atomic E-state index is 0.124. The number of benzene rings is 1. The summed E-state index contributed by atoms with van der Waals surface area (Å²) >= 11 is 0. The first-order valence-corrected chi connectivity index (χ1v) is 11.2. The zero-order chi connectivity index (χ0) is 23.7. The number of imide groups is 1. The number of hydrogen-bond acceptors (Lipinski definition) is 7. The van der Waals surface area contributed by atoms with Gasteiger partial charge in [0.25, 0.3) is 0 Å². The van der Waals surface area contributed by atoms with Crippen LogP contribution in [0.2, 0.25) is 0 Å². The van der Waals surface area contributed by atoms with Crippen LogP contribution in [0.3, 0.4) is 0 Å². The highest BCUT2D eigenvalue weighted by Gasteiger charge is 2.31. The molecule has 11 heteroatoms. The fourth-order valence-corrected chi connectivity index (χ4v) is 4.84. The molecule has 2 aromatic rings. The van der Waals surface area contributed by atoms with Gasteiger partial charge in [-0.3, -0.25) is 34.3 Å². The maximum Gasteiger partial charge on any atom is 0.329 e. The number of aromatic nitrogens is 2. The Kier molecular flexibility index (Phi) is 6.63. The molecular formula is C22H31N7O4. The highest BCUT2D eigenvalue weighted by molar-refractivity contribution is 6.11. The van der Waals surface area contributed by atoms with Gasteiger partial charge >= 0.3 is 6.03 Å². The lowest BCUT2D eigenvalue weighted by Crippen LogP contribution is -2.58. The molecule has 3 heterocycles. The van der Waals surface area contributed by atoms with Gasteiger partial charge in [0.05, 0.1) is 24.4 Å². The number of amides is 4. The predicted octanol–water partition coefficient (Wildman–Crippen LogP) is 0.345. The lowest BCUT2D eigenvalue weighted by molar-refractivity contribution is -0.120. The second-order valence-corrected chi connectivity index (χ2v) is 8.81. The smallest absolute Gasteiger partial charge is 0.329 e. The number of fused-ring (bicyclic) bond motifs is 1. The van der Waals surface area contributed by atoms with Crippen LogP contribution in [0, 0.1) is 0 Å². The molecule has 2 aliphatic heterocycles. The summed E-state index contributed by atoms with van der Waals surface area (Å²) in [5.41, 5.74) is 1.32. The summed E-state index contributed by atoms with van der Waals surface area (Å²) in [7, 11) is 1.76. The Balaban J connectivity index is 1.51. The number of aryl methyl sites for hydroxylation is 1. The number of β-amino-alcohol motifs (C(OH)–C–C–N with tert-alkyl or cyclic N) is 1. The quantitative estimate of drug-likeness (QED) is 0.572. The van der Waals surface area contributed by atoms with E-state index in [4.69, 9.17) is 0 Å². The van der Waals surface area contributed by atoms with Gasteiger partial charge in [0, 0.05) is 57.1 Å². The lowest BCUT2D eigenvalue weighted by atomic mass is 10.1. The first-order valence-electron chi connectivity index (χ1n) is 11.2. The van der Waals surface area contributed by atoms with Crippen molar-refractivity contribution in [2.24, 2.45) is 7.05 Å². The highest BCUT2D eigenvalue weighted by atomic mass is 16.3. The molecule has 2 atom stereocenters. The van der Waals surface area contributed by atoms with Gasteiger partial charge < -0.3 is 10.4 Å². The number of carbonyl (C=O) groups excluding carboxylic acids is 3. The van der Waals surface area contributed by atoms with Crippen LogP contribution in [0.25, 0.3) is 10.9 Å². The predicted molar refractivity (Wildman–Crippen MR) is 124 cm³/mol. The van der Waals surface area contributed by atoms with E-state index in [9.17, 15) is 19.5 Å². The SMILES string of the molecule is C[C@@H]1CN(CCO)C[C@H](C)N1CC(=O)Nc1cccc2c(N3CCC(=O)NC3=O)nn(C)c12. The third-order valence-electron chi connectivity index (χ3n) is 6.35. The van der Waals surface area contributed by atoms with Crippen molar-refractivity contribution in [3.8, 4) is 0 Å². The summed E-state index contributed by atoms with van der Waals surface area (Å²) in [5, 5.41) is 19.8. The molecule has 2 aliphatic rings. The Morgan fingerprint density at radius 1 is 1.24 bits per heavy atom. The molecule has 1 aromatic heterocycles. The first-order chi connectivity index (χ1) is 15.8. The maximum atomic E-state index is 13.0. The van der Waals surface area contributed by atoms with Crippen molar-refractivity contribution in [1.82, 2.24) is 24.9 Å². The van der Waals surface area contributed by atoms with Gasteiger partial charge in [-0.05, 0) is 26.0 Å². The number of para-hydroxylation sites is 1. The summed E-state index contributed by atoms with van der Waals surface area (Å²) < 4.78 is 1.64. The average molecular weight is 458 g/mol. The van der Waals surface area contributed by atoms with Crippen molar-refractivity contribution in [1.29, 1.82) is 0 Å². The van der Waals surface area contributed by atoms with Crippen LogP contribution in [0.1, 0.15) is 20.3 Å². The van der Waals surface area contributed by atoms with E-state index in [2.05, 4.69) is 39.4 Å². The van der Waals surface area contributed by atoms with Crippen molar-refractivity contribution in [2.75, 3.05) is 49.5 Å². The van der Waals surface area contributed by atoms with E-state index >= 15 is 0 Å². The molecule has 0 spiro atoms. The zero-order valence-electron chi connectivity index (χ0n) is 19.2. The van der Waals surface area contributed by atoms with Crippen molar-refractivity contribution >= 4 is 40.3 Å². The Morgan fingerprint density at radius 3 is 2.64 bits per heavy atom. The minimum Gasteiger partial charge on any atom is -0.395 e. The third kappa shape index (κ3) is 4.70. The molecule has 2 fully saturated rings. The molecule has 4 rings (SSSR count). The largest absolute Gasteiger partial charge is 0.395 e. The van der Waals surface area contributed by atoms with Crippen LogP contribution < -0.4 is 15.5 Å². The van der Waals surface area contributed by atoms with Crippen LogP contribution in [-0.2, 0) is 16.6 Å². The Morgan fingerprint density at radius 2 is 1.97 bits per heavy atom. The standard InChI is InChI=1S/C22H31N7O4/c1-14-11-27(9-10-30)12-15(2)29(14)13-19(32)23-17-6-4-5-16-20(17)26(3)25-21(16)28-8-7-18(31)24-22(28)33/h4-6,14-15,30H,7-13H2,1-3H3,(H,23,32)(H,24,31,33)/t14-,15+. The van der Waals surface area contributed by atoms with Gasteiger partial charge in [0.15, 0.2) is 5.82 Å². The molecule has 0 radical (unpaired) electrons. The first kappa shape index (κ1) is 23.1. The summed E-state index contributed by atoms with van der Waals surface area (Å²) in [6.45, 7) is 7.08. The summed E-state index contributed by atoms with van der Waals surface area (Å²) in [5.74, 6) is 0.0295. The number of piperazine rings is 1. The second kappa shape index (κ2) is 9.46. The third-order valence-corrected chi connectivity index (χ3v) is 6.35. The molecule has 178 valence electrons. The van der Waals surface area contributed by atoms with Crippen LogP contribution in [0.4, 0.5) is 16.3 Å². The van der Waals surface area contributed by atoms with E-state index in [1.165, 1.54) is 4.90 Å². The van der Waals surface area contributed by atoms with E-state index in [0.29, 0.717) is 23.6 Å². The topological polar surface area (TPSA) is 123 Å². The Hall–Kier alpha value is -3.02. The van der Waals surface area contributed by atoms with E-state index in [-0.39, 0.29) is 50.0 Å². The summed E-state index contributed by atoms with van der Waals surface area (Å²) in [6, 6.07) is 5.36. The highest BCUT2D eigenvalue weighted by Crippen LogP contribution is 2.31. The normalized spacial score (nSPS) is 22.6. The number of nitrogens with one attached hydrogen (secondary N) is 2. The Bertz CT molecular complexity index is 1060. The van der Waals surface area contributed by atoms with E-state index < -0.39 is 6.03 Å². The van der Waals surface area contributed by atoms with Gasteiger partial charge in [0.1, 0.15) is 0 Å². The van der Waals surface area contributed by atoms with Gasteiger partial charge in [-0.2, -0.15) is 5.10 Å². The van der Waals surface area contributed by atoms with Crippen LogP contribution in [0.15, 0.2) is 18.2 Å². The number of carbonyl (C=O) groups is 3. The van der Waals surface area contributed by atoms with Crippen molar-refractivity contribution in [3.05, 3.63) is 18.2 Å². The molecule has 1 aromatic carbocycles. The maximum absolute atomic E-state index is 13.0. The average Bonchev–Trinajstić information content (AvgIpc) is 3.08. The van der Waals surface area contributed by atoms with Crippen molar-refractivity contribution < 1.29 is 19.5 Å². The van der Waals surface area contributed by atoms with E-state index in [1.807, 2.05) is 18.2 Å². The van der Waals surface area contributed by atoms with Gasteiger partial charge in [0.2, 0.25) is 11.8 Å². The second-order valence-electron chi connectivity index (χ2n) is 8.81. The van der Waals surface area contributed by atoms with Crippen LogP contribution in [0.5, 0.6) is 0 Å². The number of nitrogens with zero attached hydrogens (tertiary/aromatic N) is 5. The number of urea groups is 1.